The van der Waals surface area contributed by atoms with Crippen LogP contribution in [0.15, 0.2) is 48.5 Å². The second kappa shape index (κ2) is 11.4. The van der Waals surface area contributed by atoms with Crippen LogP contribution in [0.2, 0.25) is 0 Å². The predicted octanol–water partition coefficient (Wildman–Crippen LogP) is 2.62. The molecule has 0 aliphatic carbocycles. The second-order valence-electron chi connectivity index (χ2n) is 7.57. The molecule has 0 bridgehead atoms. The van der Waals surface area contributed by atoms with Crippen LogP contribution in [0.3, 0.4) is 0 Å². The summed E-state index contributed by atoms with van der Waals surface area (Å²) < 4.78 is 10.5. The highest BCUT2D eigenvalue weighted by Gasteiger charge is 2.20. The van der Waals surface area contributed by atoms with Gasteiger partial charge in [0, 0.05) is 43.5 Å². The van der Waals surface area contributed by atoms with E-state index in [0.29, 0.717) is 35.8 Å². The van der Waals surface area contributed by atoms with Crippen LogP contribution in [0.4, 0.5) is 5.69 Å². The van der Waals surface area contributed by atoms with Gasteiger partial charge in [0.25, 0.3) is 5.91 Å². The average Bonchev–Trinajstić information content (AvgIpc) is 2.82. The molecule has 9 heteroatoms. The zero-order valence-corrected chi connectivity index (χ0v) is 19.8. The molecule has 2 amide bonds. The van der Waals surface area contributed by atoms with Crippen LogP contribution in [0.1, 0.15) is 15.9 Å². The van der Waals surface area contributed by atoms with E-state index in [1.807, 2.05) is 18.0 Å². The molecule has 2 aromatic carbocycles. The number of hydrogen-bond donors (Lipinski definition) is 2. The van der Waals surface area contributed by atoms with Crippen LogP contribution in [-0.2, 0) is 4.79 Å². The Labute approximate surface area is 199 Å². The maximum absolute atomic E-state index is 12.8. The molecule has 0 atom stereocenters. The van der Waals surface area contributed by atoms with Crippen LogP contribution in [0.5, 0.6) is 11.5 Å². The van der Waals surface area contributed by atoms with E-state index in [-0.39, 0.29) is 16.9 Å². The monoisotopic (exact) mass is 468 g/mol. The smallest absolute Gasteiger partial charge is 0.254 e. The number of benzene rings is 2. The second-order valence-corrected chi connectivity index (χ2v) is 7.98. The SMILES string of the molecule is COc1ccc(/C=C/C(=O)NC(=S)Nc2cccc(C(=O)N3CCN(C)CC3)c2)cc1OC. The molecule has 0 aromatic heterocycles. The number of hydrogen-bond acceptors (Lipinski definition) is 6. The number of amides is 2. The van der Waals surface area contributed by atoms with Gasteiger partial charge in [-0.25, -0.2) is 0 Å². The molecule has 1 fully saturated rings. The number of carbonyl (C=O) groups is 2. The normalized spacial score (nSPS) is 14.1. The van der Waals surface area contributed by atoms with Crippen molar-refractivity contribution in [2.75, 3.05) is 52.8 Å². The van der Waals surface area contributed by atoms with Crippen molar-refractivity contribution in [2.45, 2.75) is 0 Å². The fourth-order valence-corrected chi connectivity index (χ4v) is 3.58. The van der Waals surface area contributed by atoms with Gasteiger partial charge in [0.2, 0.25) is 5.91 Å². The number of nitrogens with one attached hydrogen (secondary N) is 2. The number of ether oxygens (including phenoxy) is 2. The summed E-state index contributed by atoms with van der Waals surface area (Å²) in [5.41, 5.74) is 1.98. The predicted molar refractivity (Wildman–Crippen MR) is 133 cm³/mol. The van der Waals surface area contributed by atoms with Gasteiger partial charge < -0.3 is 24.6 Å². The van der Waals surface area contributed by atoms with Crippen molar-refractivity contribution in [1.29, 1.82) is 0 Å². The van der Waals surface area contributed by atoms with Gasteiger partial charge in [0.1, 0.15) is 0 Å². The number of piperazine rings is 1. The first-order chi connectivity index (χ1) is 15.9. The van der Waals surface area contributed by atoms with Crippen LogP contribution < -0.4 is 20.1 Å². The lowest BCUT2D eigenvalue weighted by atomic mass is 10.1. The van der Waals surface area contributed by atoms with E-state index in [4.69, 9.17) is 21.7 Å². The summed E-state index contributed by atoms with van der Waals surface area (Å²) in [6.45, 7) is 3.12. The Bertz CT molecular complexity index is 1050. The molecule has 2 aromatic rings. The van der Waals surface area contributed by atoms with Crippen molar-refractivity contribution < 1.29 is 19.1 Å². The van der Waals surface area contributed by atoms with E-state index in [1.165, 1.54) is 6.08 Å². The van der Waals surface area contributed by atoms with Crippen LogP contribution in [-0.4, -0.2) is 74.2 Å². The molecule has 3 rings (SSSR count). The van der Waals surface area contributed by atoms with Crippen molar-refractivity contribution in [2.24, 2.45) is 0 Å². The first-order valence-corrected chi connectivity index (χ1v) is 10.9. The molecule has 33 heavy (non-hydrogen) atoms. The lowest BCUT2D eigenvalue weighted by Crippen LogP contribution is -2.47. The fourth-order valence-electron chi connectivity index (χ4n) is 3.37. The van der Waals surface area contributed by atoms with E-state index in [2.05, 4.69) is 15.5 Å². The van der Waals surface area contributed by atoms with Crippen molar-refractivity contribution >= 4 is 40.9 Å². The third-order valence-electron chi connectivity index (χ3n) is 5.23. The Hall–Kier alpha value is -3.43. The number of nitrogens with zero attached hydrogens (tertiary/aromatic N) is 2. The topological polar surface area (TPSA) is 83.1 Å². The van der Waals surface area contributed by atoms with Crippen molar-refractivity contribution in [3.05, 3.63) is 59.7 Å². The van der Waals surface area contributed by atoms with E-state index in [0.717, 1.165) is 18.7 Å². The lowest BCUT2D eigenvalue weighted by Gasteiger charge is -2.32. The average molecular weight is 469 g/mol. The summed E-state index contributed by atoms with van der Waals surface area (Å²) in [7, 11) is 5.16. The van der Waals surface area contributed by atoms with E-state index in [1.54, 1.807) is 56.7 Å². The first-order valence-electron chi connectivity index (χ1n) is 10.5. The Morgan fingerprint density at radius 2 is 1.73 bits per heavy atom. The minimum atomic E-state index is -0.382. The summed E-state index contributed by atoms with van der Waals surface area (Å²) in [6.07, 6.45) is 3.03. The molecule has 0 saturated carbocycles. The van der Waals surface area contributed by atoms with Crippen LogP contribution in [0, 0.1) is 0 Å². The molecule has 1 aliphatic rings. The van der Waals surface area contributed by atoms with Gasteiger partial charge in [-0.05, 0) is 61.2 Å². The molecular weight excluding hydrogens is 440 g/mol. The van der Waals surface area contributed by atoms with Crippen molar-refractivity contribution in [1.82, 2.24) is 15.1 Å². The number of anilines is 1. The molecule has 0 radical (unpaired) electrons. The van der Waals surface area contributed by atoms with Gasteiger partial charge in [-0.15, -0.1) is 0 Å². The summed E-state index contributed by atoms with van der Waals surface area (Å²) in [6, 6.07) is 12.4. The fraction of sp³-hybridized carbons (Fsp3) is 0.292. The molecular formula is C24H28N4O4S. The minimum Gasteiger partial charge on any atom is -0.493 e. The molecule has 1 heterocycles. The number of likely N-dealkylation sites (N-methyl/N-ethyl adjacent to an activating group) is 1. The zero-order chi connectivity index (χ0) is 23.8. The van der Waals surface area contributed by atoms with Gasteiger partial charge in [-0.1, -0.05) is 12.1 Å². The van der Waals surface area contributed by atoms with Crippen LogP contribution in [0.25, 0.3) is 6.08 Å². The van der Waals surface area contributed by atoms with Gasteiger partial charge in [-0.3, -0.25) is 14.9 Å². The van der Waals surface area contributed by atoms with Crippen molar-refractivity contribution in [3.63, 3.8) is 0 Å². The van der Waals surface area contributed by atoms with E-state index >= 15 is 0 Å². The molecule has 174 valence electrons. The van der Waals surface area contributed by atoms with Gasteiger partial charge >= 0.3 is 0 Å². The zero-order valence-electron chi connectivity index (χ0n) is 19.0. The number of methoxy groups -OCH3 is 2. The standard InChI is InChI=1S/C24H28N4O4S/c1-27-11-13-28(14-12-27)23(30)18-5-4-6-19(16-18)25-24(33)26-22(29)10-8-17-7-9-20(31-2)21(15-17)32-3/h4-10,15-16H,11-14H2,1-3H3,(H2,25,26,29,33)/b10-8+. The third kappa shape index (κ3) is 6.77. The summed E-state index contributed by atoms with van der Waals surface area (Å²) >= 11 is 5.25. The number of thiocarbonyl (C=S) groups is 1. The largest absolute Gasteiger partial charge is 0.493 e. The highest BCUT2D eigenvalue weighted by Crippen LogP contribution is 2.27. The minimum absolute atomic E-state index is 0.0143. The Morgan fingerprint density at radius 1 is 1.00 bits per heavy atom. The van der Waals surface area contributed by atoms with Gasteiger partial charge in [-0.2, -0.15) is 0 Å². The van der Waals surface area contributed by atoms with Crippen molar-refractivity contribution in [3.8, 4) is 11.5 Å². The summed E-state index contributed by atoms with van der Waals surface area (Å²) in [5, 5.41) is 5.70. The highest BCUT2D eigenvalue weighted by molar-refractivity contribution is 7.80. The van der Waals surface area contributed by atoms with E-state index in [9.17, 15) is 9.59 Å². The van der Waals surface area contributed by atoms with E-state index < -0.39 is 0 Å². The maximum atomic E-state index is 12.8. The summed E-state index contributed by atoms with van der Waals surface area (Å²) in [4.78, 5) is 29.1. The lowest BCUT2D eigenvalue weighted by molar-refractivity contribution is -0.115. The molecule has 1 saturated heterocycles. The molecule has 2 N–H and O–H groups in total. The highest BCUT2D eigenvalue weighted by atomic mass is 32.1. The Balaban J connectivity index is 1.56. The Morgan fingerprint density at radius 3 is 2.42 bits per heavy atom. The number of carbonyl (C=O) groups excluding carboxylic acids is 2. The van der Waals surface area contributed by atoms with Gasteiger partial charge in [0.05, 0.1) is 14.2 Å². The molecule has 0 unspecified atom stereocenters. The summed E-state index contributed by atoms with van der Waals surface area (Å²) in [5.74, 6) is 0.785. The first kappa shape index (κ1) is 24.2. The van der Waals surface area contributed by atoms with Gasteiger partial charge in [0.15, 0.2) is 16.6 Å². The molecule has 1 aliphatic heterocycles. The molecule has 8 nitrogen and oxygen atoms in total. The third-order valence-corrected chi connectivity index (χ3v) is 5.43. The number of rotatable bonds is 6. The van der Waals surface area contributed by atoms with Crippen LogP contribution >= 0.6 is 12.2 Å². The maximum Gasteiger partial charge on any atom is 0.254 e. The Kier molecular flexibility index (Phi) is 8.39. The molecule has 0 spiro atoms. The quantitative estimate of drug-likeness (QED) is 0.498.